The van der Waals surface area contributed by atoms with Gasteiger partial charge in [-0.05, 0) is 142 Å². The molecule has 0 spiro atoms. The molecule has 0 aromatic heterocycles. The van der Waals surface area contributed by atoms with E-state index in [1.807, 2.05) is 6.07 Å². The lowest BCUT2D eigenvalue weighted by Crippen LogP contribution is -2.43. The van der Waals surface area contributed by atoms with Crippen molar-refractivity contribution in [1.29, 1.82) is 0 Å². The summed E-state index contributed by atoms with van der Waals surface area (Å²) in [6.07, 6.45) is 7.79. The molecule has 1 aromatic carbocycles. The van der Waals surface area contributed by atoms with E-state index in [1.54, 1.807) is 0 Å². The molecule has 2 saturated carbocycles. The number of nitrogens with zero attached hydrogens (tertiary/aromatic N) is 1. The minimum absolute atomic E-state index is 0.0706. The zero-order valence-electron chi connectivity index (χ0n) is 25.2. The van der Waals surface area contributed by atoms with Crippen LogP contribution in [-0.4, -0.2) is 52.4 Å². The highest BCUT2D eigenvalue weighted by Crippen LogP contribution is 2.61. The fourth-order valence-corrected chi connectivity index (χ4v) is 9.20. The zero-order valence-corrected chi connectivity index (χ0v) is 25.2. The average Bonchev–Trinajstić information content (AvgIpc) is 3.50. The Kier molecular flexibility index (Phi) is 9.83. The van der Waals surface area contributed by atoms with Crippen molar-refractivity contribution in [2.24, 2.45) is 17.3 Å². The quantitative estimate of drug-likeness (QED) is 0.186. The van der Waals surface area contributed by atoms with Gasteiger partial charge in [0.2, 0.25) is 0 Å². The van der Waals surface area contributed by atoms with Crippen molar-refractivity contribution in [3.05, 3.63) is 28.8 Å². The van der Waals surface area contributed by atoms with Gasteiger partial charge in [-0.15, -0.1) is 0 Å². The van der Waals surface area contributed by atoms with E-state index in [-0.39, 0.29) is 17.9 Å². The molecule has 6 atom stereocenters. The van der Waals surface area contributed by atoms with Crippen LogP contribution in [0.1, 0.15) is 126 Å². The summed E-state index contributed by atoms with van der Waals surface area (Å²) in [6.45, 7) is 4.32. The van der Waals surface area contributed by atoms with E-state index in [2.05, 4.69) is 17.9 Å². The molecular weight excluding hydrogens is 549 g/mol. The van der Waals surface area contributed by atoms with Gasteiger partial charge in [0.15, 0.2) is 0 Å². The van der Waals surface area contributed by atoms with Crippen molar-refractivity contribution >= 4 is 0 Å². The normalized spacial score (nSPS) is 31.6. The second-order valence-electron chi connectivity index (χ2n) is 14.2. The number of aliphatic hydroxyl groups excluding tert-OH is 1. The Labute approximate surface area is 248 Å². The molecule has 3 fully saturated rings. The molecule has 1 aromatic rings. The maximum Gasteiger partial charge on any atom is 0.453 e. The molecule has 1 aliphatic heterocycles. The fourth-order valence-electron chi connectivity index (χ4n) is 9.20. The van der Waals surface area contributed by atoms with E-state index in [9.17, 15) is 32.2 Å². The Morgan fingerprint density at radius 2 is 1.71 bits per heavy atom. The number of rotatable bonds is 12. The molecule has 0 amide bonds. The number of hydrogen-bond acceptors (Lipinski definition) is 3. The summed E-state index contributed by atoms with van der Waals surface area (Å²) < 4.78 is 63.2. The molecule has 0 unspecified atom stereocenters. The van der Waals surface area contributed by atoms with Crippen LogP contribution >= 0.6 is 0 Å². The van der Waals surface area contributed by atoms with E-state index >= 15 is 0 Å². The van der Waals surface area contributed by atoms with Gasteiger partial charge in [0, 0.05) is 12.5 Å². The van der Waals surface area contributed by atoms with Gasteiger partial charge in [-0.2, -0.15) is 22.0 Å². The molecular formula is C34H50F5NO2. The predicted octanol–water partition coefficient (Wildman–Crippen LogP) is 8.93. The van der Waals surface area contributed by atoms with Crippen LogP contribution < -0.4 is 0 Å². The van der Waals surface area contributed by atoms with Crippen LogP contribution in [0.25, 0.3) is 0 Å². The highest BCUT2D eigenvalue weighted by Gasteiger charge is 2.56. The number of phenolic OH excluding ortho intramolecular Hbond substituents is 1. The first kappa shape index (κ1) is 32.0. The number of benzene rings is 1. The monoisotopic (exact) mass is 599 g/mol. The number of hydrogen-bond donors (Lipinski definition) is 2. The number of halogens is 5. The van der Waals surface area contributed by atoms with Crippen molar-refractivity contribution in [1.82, 2.24) is 4.90 Å². The molecule has 0 bridgehead atoms. The van der Waals surface area contributed by atoms with Crippen molar-refractivity contribution in [2.45, 2.75) is 146 Å². The van der Waals surface area contributed by atoms with E-state index in [1.165, 1.54) is 11.1 Å². The lowest BCUT2D eigenvalue weighted by Gasteiger charge is -2.50. The summed E-state index contributed by atoms with van der Waals surface area (Å²) >= 11 is 0. The van der Waals surface area contributed by atoms with Gasteiger partial charge in [0.05, 0.1) is 6.10 Å². The number of phenols is 1. The molecule has 8 heteroatoms. The summed E-state index contributed by atoms with van der Waals surface area (Å²) in [5.41, 5.74) is 3.89. The van der Waals surface area contributed by atoms with Crippen LogP contribution in [0.2, 0.25) is 0 Å². The molecule has 5 rings (SSSR count). The summed E-state index contributed by atoms with van der Waals surface area (Å²) in [5.74, 6) is -2.37. The third-order valence-electron chi connectivity index (χ3n) is 11.7. The molecule has 1 heterocycles. The van der Waals surface area contributed by atoms with Crippen molar-refractivity contribution in [2.75, 3.05) is 13.1 Å². The number of aromatic hydroxyl groups is 1. The van der Waals surface area contributed by atoms with Crippen LogP contribution in [-0.2, 0) is 12.8 Å². The fraction of sp³-hybridized carbons (Fsp3) is 0.824. The summed E-state index contributed by atoms with van der Waals surface area (Å²) in [5, 5.41) is 21.5. The van der Waals surface area contributed by atoms with Crippen LogP contribution in [0.3, 0.4) is 0 Å². The predicted molar refractivity (Wildman–Crippen MR) is 155 cm³/mol. The number of fused-ring (bicyclic) bond motifs is 5. The van der Waals surface area contributed by atoms with Crippen molar-refractivity contribution < 1.29 is 32.2 Å². The number of aliphatic hydroxyl groups is 1. The smallest absolute Gasteiger partial charge is 0.453 e. The number of alkyl halides is 5. The Bertz CT molecular complexity index is 1060. The lowest BCUT2D eigenvalue weighted by molar-refractivity contribution is -0.284. The van der Waals surface area contributed by atoms with E-state index in [0.29, 0.717) is 42.4 Å². The van der Waals surface area contributed by atoms with Gasteiger partial charge in [-0.3, -0.25) is 0 Å². The van der Waals surface area contributed by atoms with E-state index in [0.717, 1.165) is 102 Å². The molecule has 2 N–H and O–H groups in total. The van der Waals surface area contributed by atoms with E-state index in [4.69, 9.17) is 0 Å². The summed E-state index contributed by atoms with van der Waals surface area (Å²) in [4.78, 5) is 2.47. The Balaban J connectivity index is 1.04. The number of likely N-dealkylation sites (tertiary alicyclic amines) is 1. The highest BCUT2D eigenvalue weighted by atomic mass is 19.4. The molecule has 3 aliphatic carbocycles. The Hall–Kier alpha value is -1.41. The first-order chi connectivity index (χ1) is 19.9. The standard InChI is InChI=1S/C34H50F5NO2/c1-32-18-16-26-27(29(32)14-15-31(32)42)13-12-23-22-30(41)24(21-28(23)26)9-4-3-7-19-40-20-8-11-25(40)10-5-2-6-17-33(35,36)34(37,38)39/h21-22,25-27,29,31,41-42H,2-20H2,1H3/t25-,26+,27-,29+,31+,32+/m1/s1. The van der Waals surface area contributed by atoms with Gasteiger partial charge in [-0.1, -0.05) is 32.3 Å². The molecule has 4 aliphatic rings. The maximum atomic E-state index is 13.1. The average molecular weight is 600 g/mol. The van der Waals surface area contributed by atoms with Gasteiger partial charge >= 0.3 is 12.1 Å². The third kappa shape index (κ3) is 6.64. The van der Waals surface area contributed by atoms with Gasteiger partial charge in [0.1, 0.15) is 5.75 Å². The highest BCUT2D eigenvalue weighted by molar-refractivity contribution is 5.45. The second-order valence-corrected chi connectivity index (χ2v) is 14.2. The first-order valence-corrected chi connectivity index (χ1v) is 16.6. The second kappa shape index (κ2) is 12.9. The Morgan fingerprint density at radius 3 is 2.50 bits per heavy atom. The largest absolute Gasteiger partial charge is 0.508 e. The first-order valence-electron chi connectivity index (χ1n) is 16.6. The minimum Gasteiger partial charge on any atom is -0.508 e. The van der Waals surface area contributed by atoms with Crippen molar-refractivity contribution in [3.63, 3.8) is 0 Å². The molecule has 238 valence electrons. The zero-order chi connectivity index (χ0) is 30.1. The third-order valence-corrected chi connectivity index (χ3v) is 11.7. The topological polar surface area (TPSA) is 43.7 Å². The van der Waals surface area contributed by atoms with Crippen LogP contribution in [0.5, 0.6) is 5.75 Å². The van der Waals surface area contributed by atoms with Gasteiger partial charge in [0.25, 0.3) is 0 Å². The van der Waals surface area contributed by atoms with Crippen molar-refractivity contribution in [3.8, 4) is 5.75 Å². The molecule has 3 nitrogen and oxygen atoms in total. The van der Waals surface area contributed by atoms with Gasteiger partial charge < -0.3 is 15.1 Å². The molecule has 42 heavy (non-hydrogen) atoms. The molecule has 1 saturated heterocycles. The van der Waals surface area contributed by atoms with Gasteiger partial charge in [-0.25, -0.2) is 0 Å². The van der Waals surface area contributed by atoms with Crippen LogP contribution in [0.15, 0.2) is 12.1 Å². The molecule has 0 radical (unpaired) electrons. The summed E-state index contributed by atoms with van der Waals surface area (Å²) in [7, 11) is 0. The SMILES string of the molecule is C[C@]12CC[C@@H]3c4cc(CCCCCN5CCC[C@H]5CCCCCC(F)(F)C(F)(F)F)c(O)cc4CC[C@H]3[C@@H]1CC[C@@H]2O. The van der Waals surface area contributed by atoms with E-state index < -0.39 is 18.5 Å². The Morgan fingerprint density at radius 1 is 0.929 bits per heavy atom. The number of aryl methyl sites for hydroxylation is 2. The van der Waals surface area contributed by atoms with Crippen LogP contribution in [0, 0.1) is 17.3 Å². The maximum absolute atomic E-state index is 13.1. The number of unbranched alkanes of at least 4 members (excludes halogenated alkanes) is 4. The lowest BCUT2D eigenvalue weighted by atomic mass is 9.55. The minimum atomic E-state index is -5.45. The summed E-state index contributed by atoms with van der Waals surface area (Å²) in [6, 6.07) is 4.73. The van der Waals surface area contributed by atoms with Crippen LogP contribution in [0.4, 0.5) is 22.0 Å².